The van der Waals surface area contributed by atoms with Gasteiger partial charge in [-0.2, -0.15) is 4.31 Å². The van der Waals surface area contributed by atoms with E-state index in [1.807, 2.05) is 0 Å². The molecule has 0 radical (unpaired) electrons. The first-order chi connectivity index (χ1) is 16.9. The Bertz CT molecular complexity index is 1420. The van der Waals surface area contributed by atoms with Gasteiger partial charge in [-0.15, -0.1) is 0 Å². The minimum atomic E-state index is -3.99. The monoisotopic (exact) mass is 554 g/mol. The van der Waals surface area contributed by atoms with Crippen LogP contribution in [0.3, 0.4) is 0 Å². The standard InChI is InChI=1S/C21H22N4O8S3/c1-35(28,29)24-9-7-16(8-10-24)33-19-12-18(22-13-23-19)32-15-5-3-14(4-6-15)11-17-20(26)25(21(27)34-17)36(2,30)31/h3-6,11-13,16H,7-10H2,1-2H3/b17-11-. The van der Waals surface area contributed by atoms with Crippen LogP contribution >= 0.6 is 11.8 Å². The van der Waals surface area contributed by atoms with Crippen molar-refractivity contribution in [3.63, 3.8) is 0 Å². The van der Waals surface area contributed by atoms with E-state index in [0.29, 0.717) is 54.9 Å². The van der Waals surface area contributed by atoms with Crippen LogP contribution in [0.1, 0.15) is 18.4 Å². The molecule has 4 rings (SSSR count). The molecule has 1 aromatic carbocycles. The van der Waals surface area contributed by atoms with Crippen molar-refractivity contribution >= 4 is 49.0 Å². The van der Waals surface area contributed by atoms with Gasteiger partial charge in [-0.1, -0.05) is 12.1 Å². The molecule has 0 saturated carbocycles. The number of sulfonamides is 2. The Hall–Kier alpha value is -3.01. The summed E-state index contributed by atoms with van der Waals surface area (Å²) in [5, 5.41) is -0.864. The highest BCUT2D eigenvalue weighted by atomic mass is 32.2. The Balaban J connectivity index is 1.38. The summed E-state index contributed by atoms with van der Waals surface area (Å²) in [6.45, 7) is 0.760. The second-order valence-corrected chi connectivity index (χ2v) is 12.9. The third-order valence-electron chi connectivity index (χ3n) is 5.26. The maximum absolute atomic E-state index is 12.3. The molecule has 2 aliphatic rings. The zero-order valence-electron chi connectivity index (χ0n) is 19.2. The number of piperidine rings is 1. The van der Waals surface area contributed by atoms with E-state index in [0.717, 1.165) is 6.26 Å². The highest BCUT2D eigenvalue weighted by Gasteiger charge is 2.41. The minimum absolute atomic E-state index is 0.000876. The molecule has 2 aliphatic heterocycles. The van der Waals surface area contributed by atoms with E-state index < -0.39 is 31.2 Å². The topological polar surface area (TPSA) is 153 Å². The number of thioether (sulfide) groups is 1. The zero-order valence-corrected chi connectivity index (χ0v) is 21.7. The van der Waals surface area contributed by atoms with Crippen molar-refractivity contribution < 1.29 is 35.9 Å². The molecule has 3 heterocycles. The summed E-state index contributed by atoms with van der Waals surface area (Å²) in [5.74, 6) is 0.0810. The van der Waals surface area contributed by atoms with Crippen molar-refractivity contribution in [3.8, 4) is 17.5 Å². The summed E-state index contributed by atoms with van der Waals surface area (Å²) >= 11 is 0.552. The Kier molecular flexibility index (Phi) is 7.36. The summed E-state index contributed by atoms with van der Waals surface area (Å²) < 4.78 is 59.8. The second kappa shape index (κ2) is 10.2. The van der Waals surface area contributed by atoms with Crippen LogP contribution in [0.4, 0.5) is 4.79 Å². The number of carbonyl (C=O) groups is 2. The molecule has 12 nitrogen and oxygen atoms in total. The summed E-state index contributed by atoms with van der Waals surface area (Å²) in [6, 6.07) is 8.04. The number of amides is 2. The Morgan fingerprint density at radius 1 is 0.972 bits per heavy atom. The molecule has 2 saturated heterocycles. The van der Waals surface area contributed by atoms with Gasteiger partial charge >= 0.3 is 5.24 Å². The highest BCUT2D eigenvalue weighted by molar-refractivity contribution is 8.19. The molecule has 2 fully saturated rings. The SMILES string of the molecule is CS(=O)(=O)N1CCC(Oc2cc(Oc3ccc(/C=C4\SC(=O)N(S(C)(=O)=O)C4=O)cc3)ncn2)CC1. The average Bonchev–Trinajstić information content (AvgIpc) is 3.08. The molecule has 0 atom stereocenters. The number of imide groups is 1. The van der Waals surface area contributed by atoms with Crippen LogP contribution in [-0.2, 0) is 24.8 Å². The molecule has 2 aromatic rings. The van der Waals surface area contributed by atoms with Crippen molar-refractivity contribution in [2.75, 3.05) is 25.6 Å². The highest BCUT2D eigenvalue weighted by Crippen LogP contribution is 2.34. The largest absolute Gasteiger partial charge is 0.474 e. The van der Waals surface area contributed by atoms with Gasteiger partial charge in [-0.3, -0.25) is 9.59 Å². The van der Waals surface area contributed by atoms with Gasteiger partial charge in [0.25, 0.3) is 5.91 Å². The first-order valence-corrected chi connectivity index (χ1v) is 15.1. The van der Waals surface area contributed by atoms with E-state index in [1.165, 1.54) is 29.0 Å². The van der Waals surface area contributed by atoms with Crippen molar-refractivity contribution in [2.45, 2.75) is 18.9 Å². The van der Waals surface area contributed by atoms with E-state index in [9.17, 15) is 26.4 Å². The maximum Gasteiger partial charge on any atom is 0.307 e. The van der Waals surface area contributed by atoms with Crippen molar-refractivity contribution in [3.05, 3.63) is 47.1 Å². The van der Waals surface area contributed by atoms with Gasteiger partial charge in [0.05, 0.1) is 23.5 Å². The Morgan fingerprint density at radius 3 is 2.19 bits per heavy atom. The molecular weight excluding hydrogens is 532 g/mol. The molecule has 1 aromatic heterocycles. The summed E-state index contributed by atoms with van der Waals surface area (Å²) in [5.41, 5.74) is 0.563. The van der Waals surface area contributed by atoms with E-state index >= 15 is 0 Å². The molecule has 0 N–H and O–H groups in total. The Labute approximate surface area is 212 Å². The number of nitrogens with zero attached hydrogens (tertiary/aromatic N) is 4. The maximum atomic E-state index is 12.3. The average molecular weight is 555 g/mol. The predicted octanol–water partition coefficient (Wildman–Crippen LogP) is 2.07. The van der Waals surface area contributed by atoms with Gasteiger partial charge in [-0.25, -0.2) is 31.1 Å². The third-order valence-corrected chi connectivity index (χ3v) is 8.55. The predicted molar refractivity (Wildman–Crippen MR) is 131 cm³/mol. The fourth-order valence-electron chi connectivity index (χ4n) is 3.54. The lowest BCUT2D eigenvalue weighted by atomic mass is 10.1. The number of benzene rings is 1. The lowest BCUT2D eigenvalue weighted by Gasteiger charge is -2.30. The van der Waals surface area contributed by atoms with Gasteiger partial charge in [0.2, 0.25) is 31.8 Å². The molecular formula is C21H22N4O8S3. The fourth-order valence-corrected chi connectivity index (χ4v) is 6.39. The van der Waals surface area contributed by atoms with Crippen LogP contribution in [0.15, 0.2) is 41.6 Å². The number of hydrogen-bond donors (Lipinski definition) is 0. The van der Waals surface area contributed by atoms with Crippen molar-refractivity contribution in [1.82, 2.24) is 18.6 Å². The van der Waals surface area contributed by atoms with Gasteiger partial charge in [0, 0.05) is 13.1 Å². The van der Waals surface area contributed by atoms with E-state index in [4.69, 9.17) is 9.47 Å². The van der Waals surface area contributed by atoms with Crippen LogP contribution in [0.25, 0.3) is 6.08 Å². The van der Waals surface area contributed by atoms with Gasteiger partial charge in [0.1, 0.15) is 18.2 Å². The number of aromatic nitrogens is 2. The van der Waals surface area contributed by atoms with Crippen LogP contribution in [-0.4, -0.2) is 78.3 Å². The lowest BCUT2D eigenvalue weighted by Crippen LogP contribution is -2.41. The molecule has 192 valence electrons. The molecule has 0 bridgehead atoms. The van der Waals surface area contributed by atoms with Crippen molar-refractivity contribution in [1.29, 1.82) is 0 Å². The quantitative estimate of drug-likeness (QED) is 0.462. The molecule has 15 heteroatoms. The summed E-state index contributed by atoms with van der Waals surface area (Å²) in [6.07, 6.45) is 5.60. The molecule has 0 spiro atoms. The fraction of sp³-hybridized carbons (Fsp3) is 0.333. The van der Waals surface area contributed by atoms with E-state index in [2.05, 4.69) is 9.97 Å². The normalized spacial score (nSPS) is 19.2. The van der Waals surface area contributed by atoms with Crippen molar-refractivity contribution in [2.24, 2.45) is 0 Å². The van der Waals surface area contributed by atoms with Gasteiger partial charge < -0.3 is 9.47 Å². The summed E-state index contributed by atoms with van der Waals surface area (Å²) in [4.78, 5) is 32.3. The van der Waals surface area contributed by atoms with E-state index in [-0.39, 0.29) is 21.2 Å². The van der Waals surface area contributed by atoms with Crippen LogP contribution in [0.2, 0.25) is 0 Å². The number of carbonyl (C=O) groups excluding carboxylic acids is 2. The molecule has 0 aliphatic carbocycles. The van der Waals surface area contributed by atoms with Crippen LogP contribution < -0.4 is 9.47 Å². The minimum Gasteiger partial charge on any atom is -0.474 e. The smallest absolute Gasteiger partial charge is 0.307 e. The zero-order chi connectivity index (χ0) is 26.1. The van der Waals surface area contributed by atoms with Crippen LogP contribution in [0, 0.1) is 0 Å². The Morgan fingerprint density at radius 2 is 1.61 bits per heavy atom. The molecule has 36 heavy (non-hydrogen) atoms. The first-order valence-electron chi connectivity index (χ1n) is 10.6. The van der Waals surface area contributed by atoms with E-state index in [1.54, 1.807) is 24.3 Å². The first kappa shape index (κ1) is 26.1. The summed E-state index contributed by atoms with van der Waals surface area (Å²) in [7, 11) is -7.20. The lowest BCUT2D eigenvalue weighted by molar-refractivity contribution is -0.119. The second-order valence-electron chi connectivity index (χ2n) is 8.05. The van der Waals surface area contributed by atoms with Crippen LogP contribution in [0.5, 0.6) is 17.5 Å². The number of hydrogen-bond acceptors (Lipinski definition) is 11. The van der Waals surface area contributed by atoms with Gasteiger partial charge in [-0.05, 0) is 48.4 Å². The van der Waals surface area contributed by atoms with Gasteiger partial charge in [0.15, 0.2) is 0 Å². The third kappa shape index (κ3) is 6.21. The number of ether oxygens (including phenoxy) is 2. The molecule has 0 unspecified atom stereocenters. The molecule has 2 amide bonds. The number of rotatable bonds is 7.